The number of benzene rings is 1. The highest BCUT2D eigenvalue weighted by Crippen LogP contribution is 2.09. The number of carboxylic acids is 1. The highest BCUT2D eigenvalue weighted by atomic mass is 19.1. The number of rotatable bonds is 7. The molecule has 0 aromatic heterocycles. The smallest absolute Gasteiger partial charge is 0.303 e. The van der Waals surface area contributed by atoms with Gasteiger partial charge in [0.15, 0.2) is 0 Å². The summed E-state index contributed by atoms with van der Waals surface area (Å²) < 4.78 is 13.1. The minimum atomic E-state index is -0.869. The number of carbonyl (C=O) groups excluding carboxylic acids is 1. The third-order valence-corrected chi connectivity index (χ3v) is 2.98. The van der Waals surface area contributed by atoms with Gasteiger partial charge < -0.3 is 10.0 Å². The monoisotopic (exact) mass is 281 g/mol. The van der Waals surface area contributed by atoms with E-state index >= 15 is 0 Å². The molecule has 0 unspecified atom stereocenters. The van der Waals surface area contributed by atoms with Crippen LogP contribution in [0.25, 0.3) is 0 Å². The highest BCUT2D eigenvalue weighted by Gasteiger charge is 2.17. The van der Waals surface area contributed by atoms with Gasteiger partial charge >= 0.3 is 5.97 Å². The quantitative estimate of drug-likeness (QED) is 0.835. The van der Waals surface area contributed by atoms with Gasteiger partial charge in [0.2, 0.25) is 5.91 Å². The minimum absolute atomic E-state index is 0.00939. The van der Waals surface area contributed by atoms with Crippen LogP contribution in [0.15, 0.2) is 24.3 Å². The Bertz CT molecular complexity index is 474. The number of hydrogen-bond donors (Lipinski definition) is 1. The molecule has 0 atom stereocenters. The van der Waals surface area contributed by atoms with Crippen molar-refractivity contribution in [2.24, 2.45) is 0 Å². The molecule has 1 aromatic rings. The maximum Gasteiger partial charge on any atom is 0.303 e. The fourth-order valence-electron chi connectivity index (χ4n) is 1.99. The zero-order valence-corrected chi connectivity index (χ0v) is 11.8. The van der Waals surface area contributed by atoms with E-state index in [1.54, 1.807) is 17.0 Å². The Labute approximate surface area is 118 Å². The fraction of sp³-hybridized carbons (Fsp3) is 0.467. The van der Waals surface area contributed by atoms with Crippen molar-refractivity contribution in [1.29, 1.82) is 0 Å². The number of carboxylic acid groups (broad SMARTS) is 1. The predicted octanol–water partition coefficient (Wildman–Crippen LogP) is 2.47. The van der Waals surface area contributed by atoms with Crippen molar-refractivity contribution in [3.05, 3.63) is 35.6 Å². The first-order chi connectivity index (χ1) is 9.40. The average Bonchev–Trinajstić information content (AvgIpc) is 2.33. The number of nitrogens with zero attached hydrogens (tertiary/aromatic N) is 1. The third-order valence-electron chi connectivity index (χ3n) is 2.98. The van der Waals surface area contributed by atoms with E-state index in [0.717, 1.165) is 0 Å². The number of hydrogen-bond acceptors (Lipinski definition) is 2. The van der Waals surface area contributed by atoms with Crippen LogP contribution in [0, 0.1) is 5.82 Å². The summed E-state index contributed by atoms with van der Waals surface area (Å²) in [6, 6.07) is 5.94. The van der Waals surface area contributed by atoms with Gasteiger partial charge in [-0.05, 0) is 38.0 Å². The molecule has 110 valence electrons. The zero-order valence-electron chi connectivity index (χ0n) is 11.8. The predicted molar refractivity (Wildman–Crippen MR) is 73.8 cm³/mol. The normalized spacial score (nSPS) is 10.6. The summed E-state index contributed by atoms with van der Waals surface area (Å²) in [5.41, 5.74) is 0.624. The van der Waals surface area contributed by atoms with Gasteiger partial charge in [0, 0.05) is 19.0 Å². The average molecular weight is 281 g/mol. The number of carbonyl (C=O) groups is 2. The molecule has 1 rings (SSSR count). The van der Waals surface area contributed by atoms with E-state index in [1.807, 2.05) is 13.8 Å². The van der Waals surface area contributed by atoms with Crippen LogP contribution >= 0.6 is 0 Å². The van der Waals surface area contributed by atoms with Crippen LogP contribution in [-0.2, 0) is 16.0 Å². The van der Waals surface area contributed by atoms with E-state index in [1.165, 1.54) is 12.1 Å². The number of amides is 1. The molecule has 20 heavy (non-hydrogen) atoms. The molecule has 1 aromatic carbocycles. The zero-order chi connectivity index (χ0) is 15.1. The van der Waals surface area contributed by atoms with Gasteiger partial charge in [-0.25, -0.2) is 4.39 Å². The molecule has 5 heteroatoms. The lowest BCUT2D eigenvalue weighted by Crippen LogP contribution is -2.38. The second-order valence-corrected chi connectivity index (χ2v) is 4.98. The highest BCUT2D eigenvalue weighted by molar-refractivity contribution is 5.79. The Kier molecular flexibility index (Phi) is 6.15. The third kappa shape index (κ3) is 5.38. The van der Waals surface area contributed by atoms with Crippen LogP contribution in [0.4, 0.5) is 4.39 Å². The van der Waals surface area contributed by atoms with Gasteiger partial charge in [0.25, 0.3) is 0 Å². The second kappa shape index (κ2) is 7.62. The lowest BCUT2D eigenvalue weighted by molar-refractivity contribution is -0.138. The Morgan fingerprint density at radius 3 is 2.60 bits per heavy atom. The van der Waals surface area contributed by atoms with Crippen molar-refractivity contribution >= 4 is 11.9 Å². The first kappa shape index (κ1) is 16.1. The molecule has 0 spiro atoms. The lowest BCUT2D eigenvalue weighted by atomic mass is 10.1. The lowest BCUT2D eigenvalue weighted by Gasteiger charge is -2.26. The summed E-state index contributed by atoms with van der Waals surface area (Å²) in [6.07, 6.45) is 0.585. The van der Waals surface area contributed by atoms with Gasteiger partial charge in [-0.3, -0.25) is 9.59 Å². The SMILES string of the molecule is CC(C)N(CCCC(=O)O)C(=O)Cc1cccc(F)c1. The van der Waals surface area contributed by atoms with Crippen LogP contribution in [-0.4, -0.2) is 34.5 Å². The summed E-state index contributed by atoms with van der Waals surface area (Å²) >= 11 is 0. The molecule has 0 bridgehead atoms. The summed E-state index contributed by atoms with van der Waals surface area (Å²) in [4.78, 5) is 24.3. The van der Waals surface area contributed by atoms with E-state index in [4.69, 9.17) is 5.11 Å². The Hall–Kier alpha value is -1.91. The molecule has 0 heterocycles. The maximum atomic E-state index is 13.1. The van der Waals surface area contributed by atoms with Crippen molar-refractivity contribution in [2.45, 2.75) is 39.2 Å². The second-order valence-electron chi connectivity index (χ2n) is 4.98. The van der Waals surface area contributed by atoms with Crippen molar-refractivity contribution in [2.75, 3.05) is 6.54 Å². The Balaban J connectivity index is 2.62. The van der Waals surface area contributed by atoms with Crippen molar-refractivity contribution in [3.63, 3.8) is 0 Å². The van der Waals surface area contributed by atoms with Gasteiger partial charge in [-0.1, -0.05) is 12.1 Å². The number of aliphatic carboxylic acids is 1. The molecule has 0 aliphatic rings. The maximum absolute atomic E-state index is 13.1. The van der Waals surface area contributed by atoms with Crippen LogP contribution in [0.2, 0.25) is 0 Å². The van der Waals surface area contributed by atoms with E-state index in [0.29, 0.717) is 18.5 Å². The van der Waals surface area contributed by atoms with Crippen LogP contribution in [0.3, 0.4) is 0 Å². The molecular weight excluding hydrogens is 261 g/mol. The minimum Gasteiger partial charge on any atom is -0.481 e. The number of halogens is 1. The Morgan fingerprint density at radius 2 is 2.05 bits per heavy atom. The first-order valence-electron chi connectivity index (χ1n) is 6.66. The molecule has 0 radical (unpaired) electrons. The van der Waals surface area contributed by atoms with Crippen LogP contribution in [0.1, 0.15) is 32.3 Å². The topological polar surface area (TPSA) is 57.6 Å². The first-order valence-corrected chi connectivity index (χ1v) is 6.66. The molecule has 1 N–H and O–H groups in total. The molecule has 4 nitrogen and oxygen atoms in total. The van der Waals surface area contributed by atoms with Gasteiger partial charge in [0.05, 0.1) is 6.42 Å². The fourth-order valence-corrected chi connectivity index (χ4v) is 1.99. The van der Waals surface area contributed by atoms with Gasteiger partial charge in [0.1, 0.15) is 5.82 Å². The molecular formula is C15H20FNO3. The van der Waals surface area contributed by atoms with Gasteiger partial charge in [-0.15, -0.1) is 0 Å². The van der Waals surface area contributed by atoms with Crippen LogP contribution < -0.4 is 0 Å². The Morgan fingerprint density at radius 1 is 1.35 bits per heavy atom. The van der Waals surface area contributed by atoms with Crippen molar-refractivity contribution in [1.82, 2.24) is 4.90 Å². The van der Waals surface area contributed by atoms with E-state index in [-0.39, 0.29) is 30.6 Å². The van der Waals surface area contributed by atoms with E-state index in [9.17, 15) is 14.0 Å². The van der Waals surface area contributed by atoms with Crippen molar-refractivity contribution in [3.8, 4) is 0 Å². The molecule has 0 saturated carbocycles. The molecule has 0 aliphatic carbocycles. The largest absolute Gasteiger partial charge is 0.481 e. The standard InChI is InChI=1S/C15H20FNO3/c1-11(2)17(8-4-7-15(19)20)14(18)10-12-5-3-6-13(16)9-12/h3,5-6,9,11H,4,7-8,10H2,1-2H3,(H,19,20). The molecule has 1 amide bonds. The summed E-state index contributed by atoms with van der Waals surface area (Å²) in [5.74, 6) is -1.35. The van der Waals surface area contributed by atoms with E-state index < -0.39 is 5.97 Å². The summed E-state index contributed by atoms with van der Waals surface area (Å²) in [6.45, 7) is 4.16. The summed E-state index contributed by atoms with van der Waals surface area (Å²) in [5, 5.41) is 8.62. The molecule has 0 aliphatic heterocycles. The summed E-state index contributed by atoms with van der Waals surface area (Å²) in [7, 11) is 0. The van der Waals surface area contributed by atoms with Crippen molar-refractivity contribution < 1.29 is 19.1 Å². The molecule has 0 fully saturated rings. The molecule has 0 saturated heterocycles. The van der Waals surface area contributed by atoms with Crippen LogP contribution in [0.5, 0.6) is 0 Å². The van der Waals surface area contributed by atoms with E-state index in [2.05, 4.69) is 0 Å². The van der Waals surface area contributed by atoms with Gasteiger partial charge in [-0.2, -0.15) is 0 Å².